The van der Waals surface area contributed by atoms with Gasteiger partial charge in [-0.15, -0.1) is 13.2 Å². The summed E-state index contributed by atoms with van der Waals surface area (Å²) in [5.74, 6) is -8.69. The van der Waals surface area contributed by atoms with Crippen LogP contribution in [0.2, 0.25) is 0 Å². The Hall–Kier alpha value is -3.50. The molecule has 0 unspecified atom stereocenters. The van der Waals surface area contributed by atoms with Gasteiger partial charge in [0.25, 0.3) is 0 Å². The Morgan fingerprint density at radius 3 is 2.03 bits per heavy atom. The van der Waals surface area contributed by atoms with Crippen molar-refractivity contribution in [3.05, 3.63) is 77.1 Å². The third-order valence-corrected chi connectivity index (χ3v) is 4.64. The van der Waals surface area contributed by atoms with Gasteiger partial charge in [0, 0.05) is 12.1 Å². The van der Waals surface area contributed by atoms with Crippen LogP contribution in [-0.2, 0) is 12.5 Å². The molecule has 0 aromatic heterocycles. The van der Waals surface area contributed by atoms with Crippen LogP contribution in [0.25, 0.3) is 11.1 Å². The van der Waals surface area contributed by atoms with Gasteiger partial charge in [-0.05, 0) is 29.7 Å². The average molecular weight is 492 g/mol. The predicted octanol–water partition coefficient (Wildman–Crippen LogP) is 7.46. The minimum atomic E-state index is -5.24. The molecule has 3 aromatic rings. The second-order valence-electron chi connectivity index (χ2n) is 7.15. The summed E-state index contributed by atoms with van der Waals surface area (Å²) >= 11 is 0. The number of hydrogen-bond donors (Lipinski definition) is 1. The molecule has 0 aliphatic carbocycles. The minimum Gasteiger partial charge on any atom is -0.507 e. The number of benzene rings is 3. The van der Waals surface area contributed by atoms with Gasteiger partial charge >= 0.3 is 12.5 Å². The summed E-state index contributed by atoms with van der Waals surface area (Å²) in [6.45, 7) is 1.93. The van der Waals surface area contributed by atoms with Crippen LogP contribution >= 0.6 is 0 Å². The van der Waals surface area contributed by atoms with Crippen LogP contribution in [0.3, 0.4) is 0 Å². The highest BCUT2D eigenvalue weighted by molar-refractivity contribution is 5.72. The lowest BCUT2D eigenvalue weighted by Gasteiger charge is -2.21. The molecule has 0 bridgehead atoms. The van der Waals surface area contributed by atoms with Gasteiger partial charge in [0.2, 0.25) is 0 Å². The van der Waals surface area contributed by atoms with E-state index < -0.39 is 58.3 Å². The highest BCUT2D eigenvalue weighted by atomic mass is 19.4. The lowest BCUT2D eigenvalue weighted by molar-refractivity contribution is -0.275. The van der Waals surface area contributed by atoms with Crippen LogP contribution in [0.5, 0.6) is 17.2 Å². The van der Waals surface area contributed by atoms with E-state index in [1.54, 1.807) is 12.1 Å². The van der Waals surface area contributed by atoms with Gasteiger partial charge in [0.15, 0.2) is 17.4 Å². The van der Waals surface area contributed by atoms with E-state index in [1.165, 1.54) is 12.1 Å². The molecular formula is C23H16F8O3. The Labute approximate surface area is 188 Å². The molecule has 0 atom stereocenters. The molecule has 0 amide bonds. The standard InChI is InChI=1S/C23H16F8O3/c1-2-3-12-4-6-13(7-5-12)19-17(32)11-16(25)20(21(19)26)22(27,28)33-14-8-9-18(15(24)10-14)34-23(29,30)31/h4-11,32H,2-3H2,1H3. The van der Waals surface area contributed by atoms with Crippen LogP contribution < -0.4 is 9.47 Å². The van der Waals surface area contributed by atoms with Crippen molar-refractivity contribution in [3.8, 4) is 28.4 Å². The van der Waals surface area contributed by atoms with Crippen LogP contribution in [-0.4, -0.2) is 11.5 Å². The SMILES string of the molecule is CCCc1ccc(-c2c(O)cc(F)c(C(F)(F)Oc3ccc(OC(F)(F)F)c(F)c3)c2F)cc1. The van der Waals surface area contributed by atoms with Crippen molar-refractivity contribution in [2.75, 3.05) is 0 Å². The van der Waals surface area contributed by atoms with E-state index in [0.717, 1.165) is 12.0 Å². The largest absolute Gasteiger partial charge is 0.573 e. The van der Waals surface area contributed by atoms with Crippen LogP contribution in [0.4, 0.5) is 35.1 Å². The molecule has 0 aliphatic rings. The van der Waals surface area contributed by atoms with Crippen molar-refractivity contribution in [2.24, 2.45) is 0 Å². The van der Waals surface area contributed by atoms with E-state index in [2.05, 4.69) is 9.47 Å². The zero-order valence-electron chi connectivity index (χ0n) is 17.3. The molecule has 0 saturated carbocycles. The Morgan fingerprint density at radius 2 is 1.47 bits per heavy atom. The van der Waals surface area contributed by atoms with Crippen LogP contribution in [0, 0.1) is 17.5 Å². The molecule has 182 valence electrons. The van der Waals surface area contributed by atoms with Gasteiger partial charge in [-0.2, -0.15) is 8.78 Å². The first kappa shape index (κ1) is 25.1. The van der Waals surface area contributed by atoms with Crippen LogP contribution in [0.15, 0.2) is 48.5 Å². The summed E-state index contributed by atoms with van der Waals surface area (Å²) in [6, 6.07) is 7.16. The van der Waals surface area contributed by atoms with E-state index in [-0.39, 0.29) is 17.7 Å². The number of hydrogen-bond acceptors (Lipinski definition) is 3. The summed E-state index contributed by atoms with van der Waals surface area (Å²) in [7, 11) is 0. The summed E-state index contributed by atoms with van der Waals surface area (Å²) in [6.07, 6.45) is -8.47. The Kier molecular flexibility index (Phi) is 6.94. The normalized spacial score (nSPS) is 12.0. The average Bonchev–Trinajstić information content (AvgIpc) is 2.70. The van der Waals surface area contributed by atoms with Crippen molar-refractivity contribution in [3.63, 3.8) is 0 Å². The monoisotopic (exact) mass is 492 g/mol. The fraction of sp³-hybridized carbons (Fsp3) is 0.217. The van der Waals surface area contributed by atoms with Crippen molar-refractivity contribution in [1.29, 1.82) is 0 Å². The number of halogens is 8. The van der Waals surface area contributed by atoms with Gasteiger partial charge in [-0.25, -0.2) is 13.2 Å². The first-order valence-electron chi connectivity index (χ1n) is 9.75. The number of aryl methyl sites for hydroxylation is 1. The summed E-state index contributed by atoms with van der Waals surface area (Å²) in [5, 5.41) is 10.0. The molecule has 0 aliphatic heterocycles. The minimum absolute atomic E-state index is 0.0217. The van der Waals surface area contributed by atoms with Gasteiger partial charge in [0.1, 0.15) is 22.9 Å². The van der Waals surface area contributed by atoms with Gasteiger partial charge < -0.3 is 14.6 Å². The Balaban J connectivity index is 1.98. The molecule has 0 saturated heterocycles. The number of phenols is 1. The lowest BCUT2D eigenvalue weighted by atomic mass is 9.98. The van der Waals surface area contributed by atoms with Gasteiger partial charge in [0.05, 0.1) is 5.56 Å². The molecular weight excluding hydrogens is 476 g/mol. The molecule has 0 heterocycles. The zero-order valence-corrected chi connectivity index (χ0v) is 17.3. The molecule has 3 nitrogen and oxygen atoms in total. The molecule has 0 radical (unpaired) electrons. The smallest absolute Gasteiger partial charge is 0.507 e. The number of alkyl halides is 5. The van der Waals surface area contributed by atoms with Gasteiger partial charge in [-0.1, -0.05) is 37.6 Å². The molecule has 3 rings (SSSR count). The fourth-order valence-electron chi connectivity index (χ4n) is 3.23. The number of aromatic hydroxyl groups is 1. The maximum atomic E-state index is 15.1. The lowest BCUT2D eigenvalue weighted by Crippen LogP contribution is -2.25. The molecule has 0 spiro atoms. The maximum absolute atomic E-state index is 15.1. The summed E-state index contributed by atoms with van der Waals surface area (Å²) in [4.78, 5) is 0. The second-order valence-corrected chi connectivity index (χ2v) is 7.15. The molecule has 0 fully saturated rings. The van der Waals surface area contributed by atoms with Gasteiger partial charge in [-0.3, -0.25) is 0 Å². The van der Waals surface area contributed by atoms with E-state index >= 15 is 4.39 Å². The third-order valence-electron chi connectivity index (χ3n) is 4.64. The molecule has 3 aromatic carbocycles. The molecule has 34 heavy (non-hydrogen) atoms. The number of ether oxygens (including phenoxy) is 2. The number of phenolic OH excluding ortho intramolecular Hbond substituents is 1. The Morgan fingerprint density at radius 1 is 0.824 bits per heavy atom. The predicted molar refractivity (Wildman–Crippen MR) is 105 cm³/mol. The third kappa shape index (κ3) is 5.52. The molecule has 1 N–H and O–H groups in total. The maximum Gasteiger partial charge on any atom is 0.573 e. The quantitative estimate of drug-likeness (QED) is 0.348. The number of rotatable bonds is 7. The van der Waals surface area contributed by atoms with Crippen molar-refractivity contribution in [2.45, 2.75) is 32.2 Å². The van der Waals surface area contributed by atoms with Crippen molar-refractivity contribution >= 4 is 0 Å². The first-order valence-corrected chi connectivity index (χ1v) is 9.75. The van der Waals surface area contributed by atoms with E-state index in [1.807, 2.05) is 6.92 Å². The first-order chi connectivity index (χ1) is 15.8. The van der Waals surface area contributed by atoms with Crippen LogP contribution in [0.1, 0.15) is 24.5 Å². The topological polar surface area (TPSA) is 38.7 Å². The van der Waals surface area contributed by atoms with E-state index in [4.69, 9.17) is 0 Å². The fourth-order valence-corrected chi connectivity index (χ4v) is 3.23. The van der Waals surface area contributed by atoms with E-state index in [9.17, 15) is 35.8 Å². The zero-order chi connectivity index (χ0) is 25.3. The summed E-state index contributed by atoms with van der Waals surface area (Å²) in [5.41, 5.74) is -1.76. The molecule has 11 heteroatoms. The highest BCUT2D eigenvalue weighted by Gasteiger charge is 2.43. The Bertz CT molecular complexity index is 1170. The van der Waals surface area contributed by atoms with Crippen molar-refractivity contribution < 1.29 is 49.7 Å². The second kappa shape index (κ2) is 9.40. The van der Waals surface area contributed by atoms with E-state index in [0.29, 0.717) is 18.6 Å². The summed E-state index contributed by atoms with van der Waals surface area (Å²) < 4.78 is 117. The highest BCUT2D eigenvalue weighted by Crippen LogP contribution is 2.42. The van der Waals surface area contributed by atoms with Crippen molar-refractivity contribution in [1.82, 2.24) is 0 Å².